The number of hydrogen-bond acceptors (Lipinski definition) is 5. The van der Waals surface area contributed by atoms with Crippen molar-refractivity contribution in [2.75, 3.05) is 19.0 Å². The van der Waals surface area contributed by atoms with Gasteiger partial charge in [0.25, 0.3) is 5.91 Å². The van der Waals surface area contributed by atoms with Crippen LogP contribution in [0.3, 0.4) is 0 Å². The van der Waals surface area contributed by atoms with E-state index in [1.807, 2.05) is 13.8 Å². The fraction of sp³-hybridized carbons (Fsp3) is 0.765. The molecule has 1 rings (SSSR count). The van der Waals surface area contributed by atoms with E-state index in [1.165, 1.54) is 81.9 Å². The SMILES string of the molecule is C=CCCC(=O)OCc1nc(N(C)C=O)c(C(=O)NC)n1CCCCCCCCCCCCCCCC.CC.CCC. The van der Waals surface area contributed by atoms with Crippen molar-refractivity contribution in [3.8, 4) is 0 Å². The zero-order valence-electron chi connectivity index (χ0n) is 28.3. The molecule has 0 unspecified atom stereocenters. The minimum atomic E-state index is -0.349. The van der Waals surface area contributed by atoms with Crippen LogP contribution in [0.5, 0.6) is 0 Å². The number of nitrogens with one attached hydrogen (secondary N) is 1. The van der Waals surface area contributed by atoms with Crippen LogP contribution in [0, 0.1) is 0 Å². The summed E-state index contributed by atoms with van der Waals surface area (Å²) in [6, 6.07) is 0. The van der Waals surface area contributed by atoms with Crippen molar-refractivity contribution in [1.82, 2.24) is 14.9 Å². The van der Waals surface area contributed by atoms with Gasteiger partial charge in [0.2, 0.25) is 6.41 Å². The molecule has 0 radical (unpaired) electrons. The van der Waals surface area contributed by atoms with E-state index in [9.17, 15) is 14.4 Å². The number of anilines is 1. The van der Waals surface area contributed by atoms with Crippen molar-refractivity contribution < 1.29 is 19.1 Å². The smallest absolute Gasteiger partial charge is 0.306 e. The van der Waals surface area contributed by atoms with Crippen LogP contribution in [0.1, 0.15) is 160 Å². The van der Waals surface area contributed by atoms with Gasteiger partial charge in [0.05, 0.1) is 0 Å². The van der Waals surface area contributed by atoms with Gasteiger partial charge in [-0.05, 0) is 12.8 Å². The third-order valence-electron chi connectivity index (χ3n) is 6.61. The van der Waals surface area contributed by atoms with E-state index in [2.05, 4.69) is 37.7 Å². The fourth-order valence-electron chi connectivity index (χ4n) is 4.38. The van der Waals surface area contributed by atoms with E-state index in [1.54, 1.807) is 24.7 Å². The van der Waals surface area contributed by atoms with E-state index in [0.29, 0.717) is 30.9 Å². The van der Waals surface area contributed by atoms with Crippen LogP contribution < -0.4 is 10.2 Å². The number of unbranched alkanes of at least 4 members (excludes halogenated alkanes) is 13. The van der Waals surface area contributed by atoms with E-state index in [0.717, 1.165) is 19.3 Å². The number of imidazole rings is 1. The number of carbonyl (C=O) groups excluding carboxylic acids is 3. The molecule has 0 aromatic carbocycles. The number of hydrogen-bond donors (Lipinski definition) is 1. The summed E-state index contributed by atoms with van der Waals surface area (Å²) in [7, 11) is 3.10. The van der Waals surface area contributed by atoms with Crippen LogP contribution in [0.15, 0.2) is 12.7 Å². The van der Waals surface area contributed by atoms with Crippen LogP contribution in [0.25, 0.3) is 0 Å². The second-order valence-corrected chi connectivity index (χ2v) is 10.4. The molecule has 0 aliphatic rings. The van der Waals surface area contributed by atoms with E-state index in [-0.39, 0.29) is 30.7 Å². The molecule has 1 aromatic rings. The molecule has 0 aliphatic heterocycles. The van der Waals surface area contributed by atoms with Crippen molar-refractivity contribution in [3.05, 3.63) is 24.2 Å². The van der Waals surface area contributed by atoms with Crippen LogP contribution in [-0.4, -0.2) is 41.9 Å². The number of rotatable bonds is 23. The van der Waals surface area contributed by atoms with Crippen LogP contribution in [-0.2, 0) is 27.5 Å². The third-order valence-corrected chi connectivity index (χ3v) is 6.61. The largest absolute Gasteiger partial charge is 0.457 e. The summed E-state index contributed by atoms with van der Waals surface area (Å²) in [5, 5.41) is 2.64. The molecule has 0 fully saturated rings. The Labute approximate surface area is 258 Å². The zero-order chi connectivity index (χ0) is 32.0. The van der Waals surface area contributed by atoms with Gasteiger partial charge in [-0.25, -0.2) is 4.98 Å². The molecule has 0 aliphatic carbocycles. The third kappa shape index (κ3) is 19.5. The van der Waals surface area contributed by atoms with Gasteiger partial charge in [-0.2, -0.15) is 0 Å². The average Bonchev–Trinajstić information content (AvgIpc) is 3.37. The Morgan fingerprint density at radius 1 is 0.905 bits per heavy atom. The number of allylic oxidation sites excluding steroid dienone is 1. The molecule has 1 aromatic heterocycles. The molecule has 0 saturated carbocycles. The van der Waals surface area contributed by atoms with E-state index >= 15 is 0 Å². The predicted octanol–water partition coefficient (Wildman–Crippen LogP) is 8.77. The highest BCUT2D eigenvalue weighted by Gasteiger charge is 2.25. The van der Waals surface area contributed by atoms with Gasteiger partial charge in [-0.15, -0.1) is 6.58 Å². The molecular formula is C34H64N4O4. The monoisotopic (exact) mass is 592 g/mol. The van der Waals surface area contributed by atoms with Crippen LogP contribution >= 0.6 is 0 Å². The average molecular weight is 593 g/mol. The van der Waals surface area contributed by atoms with Gasteiger partial charge in [0.15, 0.2) is 11.5 Å². The molecule has 1 N–H and O–H groups in total. The molecule has 0 saturated heterocycles. The van der Waals surface area contributed by atoms with Crippen molar-refractivity contribution in [2.24, 2.45) is 0 Å². The topological polar surface area (TPSA) is 93.5 Å². The second-order valence-electron chi connectivity index (χ2n) is 10.4. The Kier molecular flexibility index (Phi) is 29.5. The highest BCUT2D eigenvalue weighted by Crippen LogP contribution is 2.22. The summed E-state index contributed by atoms with van der Waals surface area (Å²) in [5.41, 5.74) is 0.309. The van der Waals surface area contributed by atoms with Crippen molar-refractivity contribution >= 4 is 24.1 Å². The first kappa shape index (κ1) is 41.5. The van der Waals surface area contributed by atoms with Crippen molar-refractivity contribution in [1.29, 1.82) is 0 Å². The molecule has 0 bridgehead atoms. The van der Waals surface area contributed by atoms with Gasteiger partial charge in [0.1, 0.15) is 12.4 Å². The number of aromatic nitrogens is 2. The van der Waals surface area contributed by atoms with Crippen LogP contribution in [0.2, 0.25) is 0 Å². The normalized spacial score (nSPS) is 10.1. The summed E-state index contributed by atoms with van der Waals surface area (Å²) in [4.78, 5) is 41.9. The fourth-order valence-corrected chi connectivity index (χ4v) is 4.38. The summed E-state index contributed by atoms with van der Waals surface area (Å²) in [6.07, 6.45) is 22.1. The Morgan fingerprint density at radius 3 is 1.81 bits per heavy atom. The lowest BCUT2D eigenvalue weighted by molar-refractivity contribution is -0.145. The second kappa shape index (κ2) is 29.8. The Hall–Kier alpha value is -2.64. The van der Waals surface area contributed by atoms with Crippen molar-refractivity contribution in [3.63, 3.8) is 0 Å². The lowest BCUT2D eigenvalue weighted by atomic mass is 10.0. The minimum Gasteiger partial charge on any atom is -0.457 e. The maximum atomic E-state index is 12.7. The Bertz CT molecular complexity index is 823. The first-order chi connectivity index (χ1) is 20.4. The quantitative estimate of drug-likeness (QED) is 0.0593. The van der Waals surface area contributed by atoms with Gasteiger partial charge < -0.3 is 19.5 Å². The van der Waals surface area contributed by atoms with Gasteiger partial charge in [-0.1, -0.05) is 131 Å². The number of nitrogens with zero attached hydrogens (tertiary/aromatic N) is 3. The number of carbonyl (C=O) groups is 3. The molecule has 0 spiro atoms. The maximum Gasteiger partial charge on any atom is 0.306 e. The first-order valence-electron chi connectivity index (χ1n) is 16.7. The molecular weight excluding hydrogens is 528 g/mol. The molecule has 8 heteroatoms. The van der Waals surface area contributed by atoms with Crippen molar-refractivity contribution in [2.45, 2.75) is 157 Å². The first-order valence-corrected chi connectivity index (χ1v) is 16.7. The van der Waals surface area contributed by atoms with Gasteiger partial charge >= 0.3 is 5.97 Å². The number of amides is 2. The van der Waals surface area contributed by atoms with E-state index in [4.69, 9.17) is 4.74 Å². The van der Waals surface area contributed by atoms with E-state index < -0.39 is 0 Å². The maximum absolute atomic E-state index is 12.7. The number of esters is 1. The number of ether oxygens (including phenoxy) is 1. The Morgan fingerprint density at radius 2 is 1.38 bits per heavy atom. The summed E-state index contributed by atoms with van der Waals surface area (Å²) < 4.78 is 7.17. The molecule has 8 nitrogen and oxygen atoms in total. The zero-order valence-corrected chi connectivity index (χ0v) is 28.3. The molecule has 1 heterocycles. The lowest BCUT2D eigenvalue weighted by Gasteiger charge is -2.13. The molecule has 42 heavy (non-hydrogen) atoms. The summed E-state index contributed by atoms with van der Waals surface area (Å²) in [6.45, 7) is 14.6. The van der Waals surface area contributed by atoms with Gasteiger partial charge in [0, 0.05) is 27.1 Å². The molecule has 2 amide bonds. The molecule has 0 atom stereocenters. The van der Waals surface area contributed by atoms with Gasteiger partial charge in [-0.3, -0.25) is 14.4 Å². The summed E-state index contributed by atoms with van der Waals surface area (Å²) in [5.74, 6) is 0.0457. The standard InChI is InChI=1S/C29H50N4O4.C3H8.C2H6/c1-5-7-9-10-11-12-13-14-15-16-17-18-19-20-22-33-25(23-37-26(35)21-8-6-2)31-28(32(4)24-34)27(33)29(36)30-3;1-3-2;1-2/h6,24H,2,5,7-23H2,1,3-4H3,(H,30,36);3H2,1-2H3;1-2H3. The highest BCUT2D eigenvalue weighted by atomic mass is 16.5. The lowest BCUT2D eigenvalue weighted by Crippen LogP contribution is -2.26. The minimum absolute atomic E-state index is 0.0503. The molecule has 244 valence electrons. The Balaban J connectivity index is 0. The van der Waals surface area contributed by atoms with Crippen LogP contribution in [0.4, 0.5) is 5.82 Å². The predicted molar refractivity (Wildman–Crippen MR) is 177 cm³/mol. The summed E-state index contributed by atoms with van der Waals surface area (Å²) >= 11 is 0. The highest BCUT2D eigenvalue weighted by molar-refractivity contribution is 5.99.